The highest BCUT2D eigenvalue weighted by atomic mass is 16.2. The number of aryl methyl sites for hydroxylation is 1. The topological polar surface area (TPSA) is 33.2 Å². The van der Waals surface area contributed by atoms with E-state index in [1.807, 2.05) is 23.2 Å². The van der Waals surface area contributed by atoms with E-state index < -0.39 is 0 Å². The summed E-state index contributed by atoms with van der Waals surface area (Å²) in [6.45, 7) is 7.38. The van der Waals surface area contributed by atoms with Crippen molar-refractivity contribution in [3.8, 4) is 0 Å². The Bertz CT molecular complexity index is 719. The first kappa shape index (κ1) is 16.7. The van der Waals surface area contributed by atoms with Crippen LogP contribution in [0.2, 0.25) is 0 Å². The van der Waals surface area contributed by atoms with Crippen LogP contribution in [0.1, 0.15) is 31.7 Å². The average Bonchev–Trinajstić information content (AvgIpc) is 2.62. The van der Waals surface area contributed by atoms with Crippen molar-refractivity contribution in [2.24, 2.45) is 11.8 Å². The second-order valence-electron chi connectivity index (χ2n) is 6.79. The standard InChI is InChI=1S/C21H26N2O/c1-3-17-15-23(16(2)24)14-12-18(17)7-6-8-19-11-13-22-21-10-5-4-9-20(19)21/h3-5,9-11,13,17-18H,1,6-8,12,14-15H2,2H3/t17-,18+/m0/s1. The van der Waals surface area contributed by atoms with Crippen LogP contribution in [0.3, 0.4) is 0 Å². The molecule has 0 saturated carbocycles. The number of para-hydroxylation sites is 1. The molecule has 3 nitrogen and oxygen atoms in total. The lowest BCUT2D eigenvalue weighted by Gasteiger charge is -2.37. The summed E-state index contributed by atoms with van der Waals surface area (Å²) in [5.41, 5.74) is 2.46. The lowest BCUT2D eigenvalue weighted by molar-refractivity contribution is -0.131. The van der Waals surface area contributed by atoms with Crippen molar-refractivity contribution in [1.82, 2.24) is 9.88 Å². The van der Waals surface area contributed by atoms with Crippen LogP contribution < -0.4 is 0 Å². The highest BCUT2D eigenvalue weighted by Gasteiger charge is 2.27. The number of carbonyl (C=O) groups excluding carboxylic acids is 1. The van der Waals surface area contributed by atoms with Crippen molar-refractivity contribution in [2.75, 3.05) is 13.1 Å². The Balaban J connectivity index is 1.59. The SMILES string of the molecule is C=C[C@H]1CN(C(C)=O)CC[C@H]1CCCc1ccnc2ccccc12. The van der Waals surface area contributed by atoms with E-state index in [0.717, 1.165) is 31.4 Å². The summed E-state index contributed by atoms with van der Waals surface area (Å²) in [6.07, 6.45) is 8.49. The number of rotatable bonds is 5. The molecular formula is C21H26N2O. The molecular weight excluding hydrogens is 296 g/mol. The monoisotopic (exact) mass is 322 g/mol. The van der Waals surface area contributed by atoms with E-state index in [4.69, 9.17) is 0 Å². The maximum atomic E-state index is 11.6. The molecule has 1 amide bonds. The van der Waals surface area contributed by atoms with Crippen molar-refractivity contribution >= 4 is 16.8 Å². The second-order valence-corrected chi connectivity index (χ2v) is 6.79. The number of likely N-dealkylation sites (tertiary alicyclic amines) is 1. The molecule has 1 aliphatic heterocycles. The smallest absolute Gasteiger partial charge is 0.219 e. The molecule has 0 bridgehead atoms. The fraction of sp³-hybridized carbons (Fsp3) is 0.429. The number of aromatic nitrogens is 1. The van der Waals surface area contributed by atoms with Crippen LogP contribution in [0.5, 0.6) is 0 Å². The third-order valence-corrected chi connectivity index (χ3v) is 5.31. The number of amides is 1. The zero-order chi connectivity index (χ0) is 16.9. The number of hydrogen-bond donors (Lipinski definition) is 0. The second kappa shape index (κ2) is 7.61. The molecule has 0 N–H and O–H groups in total. The summed E-state index contributed by atoms with van der Waals surface area (Å²) in [5, 5.41) is 1.27. The summed E-state index contributed by atoms with van der Waals surface area (Å²) in [5.74, 6) is 1.26. The number of hydrogen-bond acceptors (Lipinski definition) is 2. The molecule has 0 unspecified atom stereocenters. The zero-order valence-electron chi connectivity index (χ0n) is 14.4. The Morgan fingerprint density at radius 3 is 3.00 bits per heavy atom. The number of piperidine rings is 1. The minimum Gasteiger partial charge on any atom is -0.342 e. The Kier molecular flexibility index (Phi) is 5.29. The van der Waals surface area contributed by atoms with Crippen molar-refractivity contribution in [3.05, 3.63) is 54.7 Å². The van der Waals surface area contributed by atoms with Crippen molar-refractivity contribution in [1.29, 1.82) is 0 Å². The first-order valence-electron chi connectivity index (χ1n) is 8.89. The molecule has 3 rings (SSSR count). The summed E-state index contributed by atoms with van der Waals surface area (Å²) >= 11 is 0. The van der Waals surface area contributed by atoms with Crippen LogP contribution in [0.25, 0.3) is 10.9 Å². The first-order valence-corrected chi connectivity index (χ1v) is 8.89. The van der Waals surface area contributed by atoms with Gasteiger partial charge in [-0.25, -0.2) is 0 Å². The van der Waals surface area contributed by atoms with E-state index in [9.17, 15) is 4.79 Å². The third-order valence-electron chi connectivity index (χ3n) is 5.31. The van der Waals surface area contributed by atoms with Crippen LogP contribution in [0, 0.1) is 11.8 Å². The third kappa shape index (κ3) is 3.66. The van der Waals surface area contributed by atoms with Gasteiger partial charge in [-0.15, -0.1) is 6.58 Å². The molecule has 126 valence electrons. The summed E-state index contributed by atoms with van der Waals surface area (Å²) in [4.78, 5) is 18.0. The highest BCUT2D eigenvalue weighted by Crippen LogP contribution is 2.29. The summed E-state index contributed by atoms with van der Waals surface area (Å²) in [7, 11) is 0. The van der Waals surface area contributed by atoms with Crippen LogP contribution in [-0.2, 0) is 11.2 Å². The Morgan fingerprint density at radius 2 is 2.21 bits per heavy atom. The first-order chi connectivity index (χ1) is 11.7. The lowest BCUT2D eigenvalue weighted by atomic mass is 9.81. The van der Waals surface area contributed by atoms with Gasteiger partial charge in [0.05, 0.1) is 5.52 Å². The molecule has 1 aliphatic rings. The van der Waals surface area contributed by atoms with Crippen LogP contribution in [0.15, 0.2) is 49.2 Å². The van der Waals surface area contributed by atoms with E-state index in [0.29, 0.717) is 11.8 Å². The molecule has 2 aromatic rings. The van der Waals surface area contributed by atoms with Gasteiger partial charge in [-0.3, -0.25) is 9.78 Å². The van der Waals surface area contributed by atoms with Crippen LogP contribution in [0.4, 0.5) is 0 Å². The van der Waals surface area contributed by atoms with Gasteiger partial charge in [0, 0.05) is 31.6 Å². The fourth-order valence-corrected chi connectivity index (χ4v) is 3.87. The molecule has 24 heavy (non-hydrogen) atoms. The van der Waals surface area contributed by atoms with Gasteiger partial charge < -0.3 is 4.90 Å². The molecule has 0 radical (unpaired) electrons. The zero-order valence-corrected chi connectivity index (χ0v) is 14.4. The maximum absolute atomic E-state index is 11.6. The van der Waals surface area contributed by atoms with E-state index in [-0.39, 0.29) is 5.91 Å². The van der Waals surface area contributed by atoms with Gasteiger partial charge in [-0.1, -0.05) is 24.3 Å². The predicted octanol–water partition coefficient (Wildman–Crippen LogP) is 4.23. The number of pyridine rings is 1. The fourth-order valence-electron chi connectivity index (χ4n) is 3.87. The molecule has 0 aliphatic carbocycles. The summed E-state index contributed by atoms with van der Waals surface area (Å²) in [6, 6.07) is 10.5. The van der Waals surface area contributed by atoms with E-state index in [1.165, 1.54) is 23.8 Å². The Morgan fingerprint density at radius 1 is 1.38 bits per heavy atom. The average molecular weight is 322 g/mol. The van der Waals surface area contributed by atoms with Crippen molar-refractivity contribution < 1.29 is 4.79 Å². The molecule has 1 saturated heterocycles. The van der Waals surface area contributed by atoms with Gasteiger partial charge >= 0.3 is 0 Å². The number of nitrogens with zero attached hydrogens (tertiary/aromatic N) is 2. The predicted molar refractivity (Wildman–Crippen MR) is 98.7 cm³/mol. The lowest BCUT2D eigenvalue weighted by Crippen LogP contribution is -2.42. The Hall–Kier alpha value is -2.16. The Labute approximate surface area is 144 Å². The van der Waals surface area contributed by atoms with Gasteiger partial charge in [0.2, 0.25) is 5.91 Å². The largest absolute Gasteiger partial charge is 0.342 e. The quantitative estimate of drug-likeness (QED) is 0.772. The molecule has 2 atom stereocenters. The molecule has 3 heteroatoms. The van der Waals surface area contributed by atoms with Gasteiger partial charge in [0.15, 0.2) is 0 Å². The van der Waals surface area contributed by atoms with Gasteiger partial charge in [-0.2, -0.15) is 0 Å². The number of fused-ring (bicyclic) bond motifs is 1. The minimum absolute atomic E-state index is 0.184. The van der Waals surface area contributed by atoms with Crippen molar-refractivity contribution in [3.63, 3.8) is 0 Å². The van der Waals surface area contributed by atoms with Gasteiger partial charge in [0.1, 0.15) is 0 Å². The number of carbonyl (C=O) groups is 1. The molecule has 2 heterocycles. The normalized spacial score (nSPS) is 21.0. The van der Waals surface area contributed by atoms with Crippen molar-refractivity contribution in [2.45, 2.75) is 32.6 Å². The van der Waals surface area contributed by atoms with Gasteiger partial charge in [0.25, 0.3) is 0 Å². The summed E-state index contributed by atoms with van der Waals surface area (Å²) < 4.78 is 0. The highest BCUT2D eigenvalue weighted by molar-refractivity contribution is 5.81. The van der Waals surface area contributed by atoms with E-state index >= 15 is 0 Å². The minimum atomic E-state index is 0.184. The van der Waals surface area contributed by atoms with Crippen LogP contribution >= 0.6 is 0 Å². The van der Waals surface area contributed by atoms with E-state index in [2.05, 4.69) is 35.8 Å². The van der Waals surface area contributed by atoms with Gasteiger partial charge in [-0.05, 0) is 55.2 Å². The van der Waals surface area contributed by atoms with Crippen LogP contribution in [-0.4, -0.2) is 28.9 Å². The molecule has 1 fully saturated rings. The molecule has 1 aromatic carbocycles. The number of benzene rings is 1. The molecule has 0 spiro atoms. The molecule has 1 aromatic heterocycles. The van der Waals surface area contributed by atoms with E-state index in [1.54, 1.807) is 6.92 Å². The maximum Gasteiger partial charge on any atom is 0.219 e.